The van der Waals surface area contributed by atoms with Crippen molar-refractivity contribution in [1.29, 1.82) is 0 Å². The predicted octanol–water partition coefficient (Wildman–Crippen LogP) is 3.07. The Kier molecular flexibility index (Phi) is 5.50. The second-order valence-electron chi connectivity index (χ2n) is 7.67. The van der Waals surface area contributed by atoms with Crippen molar-refractivity contribution in [3.8, 4) is 0 Å². The lowest BCUT2D eigenvalue weighted by molar-refractivity contribution is -0.106. The topological polar surface area (TPSA) is 102 Å². The van der Waals surface area contributed by atoms with Gasteiger partial charge in [0.1, 0.15) is 11.2 Å². The molecule has 9 heteroatoms. The summed E-state index contributed by atoms with van der Waals surface area (Å²) in [5.41, 5.74) is 5.30. The van der Waals surface area contributed by atoms with Crippen LogP contribution in [0.2, 0.25) is 0 Å². The molecule has 0 aliphatic carbocycles. The van der Waals surface area contributed by atoms with E-state index in [0.717, 1.165) is 12.1 Å². The molecular formula is C21H24FN5O2S. The van der Waals surface area contributed by atoms with E-state index in [2.05, 4.69) is 20.3 Å². The van der Waals surface area contributed by atoms with E-state index >= 15 is 4.39 Å². The third-order valence-electron chi connectivity index (χ3n) is 5.58. The van der Waals surface area contributed by atoms with Crippen molar-refractivity contribution < 1.29 is 13.9 Å². The average Bonchev–Trinajstić information content (AvgIpc) is 2.74. The molecule has 1 amide bonds. The number of amides is 1. The molecule has 3 atom stereocenters. The van der Waals surface area contributed by atoms with Gasteiger partial charge in [-0.05, 0) is 31.0 Å². The van der Waals surface area contributed by atoms with Crippen molar-refractivity contribution in [3.63, 3.8) is 0 Å². The van der Waals surface area contributed by atoms with Crippen LogP contribution in [0.1, 0.15) is 42.0 Å². The molecule has 4 rings (SSSR count). The van der Waals surface area contributed by atoms with Crippen molar-refractivity contribution in [2.45, 2.75) is 44.0 Å². The van der Waals surface area contributed by atoms with E-state index in [1.54, 1.807) is 30.5 Å². The molecule has 7 nitrogen and oxygen atoms in total. The Morgan fingerprint density at radius 1 is 1.40 bits per heavy atom. The van der Waals surface area contributed by atoms with Crippen LogP contribution in [0.4, 0.5) is 10.1 Å². The first kappa shape index (κ1) is 20.7. The number of carbonyl (C=O) groups is 1. The number of carbonyl (C=O) groups excluding carboxylic acids is 1. The van der Waals surface area contributed by atoms with E-state index in [9.17, 15) is 4.79 Å². The molecule has 2 aromatic rings. The van der Waals surface area contributed by atoms with Crippen LogP contribution in [-0.2, 0) is 16.7 Å². The minimum absolute atomic E-state index is 0.0906. The molecule has 1 fully saturated rings. The third kappa shape index (κ3) is 3.67. The number of aryl methyl sites for hydroxylation is 1. The van der Waals surface area contributed by atoms with Crippen LogP contribution in [0, 0.1) is 0 Å². The van der Waals surface area contributed by atoms with Gasteiger partial charge in [-0.25, -0.2) is 14.4 Å². The Labute approximate surface area is 178 Å². The lowest BCUT2D eigenvalue weighted by Crippen LogP contribution is -2.60. The smallest absolute Gasteiger partial charge is 0.275 e. The number of hydrogen-bond donors (Lipinski definition) is 2. The summed E-state index contributed by atoms with van der Waals surface area (Å²) in [7, 11) is 0. The van der Waals surface area contributed by atoms with Gasteiger partial charge < -0.3 is 15.8 Å². The Balaban J connectivity index is 1.65. The van der Waals surface area contributed by atoms with Gasteiger partial charge in [-0.1, -0.05) is 30.8 Å². The highest BCUT2D eigenvalue weighted by Gasteiger charge is 2.59. The van der Waals surface area contributed by atoms with Gasteiger partial charge in [-0.2, -0.15) is 0 Å². The first-order valence-electron chi connectivity index (χ1n) is 9.87. The molecule has 1 saturated heterocycles. The van der Waals surface area contributed by atoms with Crippen LogP contribution in [0.5, 0.6) is 0 Å². The molecule has 0 bridgehead atoms. The van der Waals surface area contributed by atoms with Crippen molar-refractivity contribution in [3.05, 3.63) is 53.6 Å². The maximum absolute atomic E-state index is 16.1. The van der Waals surface area contributed by atoms with Gasteiger partial charge in [0.2, 0.25) is 0 Å². The molecule has 0 unspecified atom stereocenters. The number of amidine groups is 1. The van der Waals surface area contributed by atoms with Crippen molar-refractivity contribution >= 4 is 28.5 Å². The fourth-order valence-electron chi connectivity index (χ4n) is 3.91. The maximum Gasteiger partial charge on any atom is 0.275 e. The monoisotopic (exact) mass is 429 g/mol. The first-order valence-corrected chi connectivity index (χ1v) is 10.9. The number of aliphatic imine (C=N–C) groups is 1. The second-order valence-corrected chi connectivity index (χ2v) is 8.67. The van der Waals surface area contributed by atoms with Crippen LogP contribution < -0.4 is 11.1 Å². The Morgan fingerprint density at radius 3 is 2.97 bits per heavy atom. The van der Waals surface area contributed by atoms with E-state index < -0.39 is 11.2 Å². The van der Waals surface area contributed by atoms with Gasteiger partial charge in [0.05, 0.1) is 24.6 Å². The fourth-order valence-corrected chi connectivity index (χ4v) is 4.86. The summed E-state index contributed by atoms with van der Waals surface area (Å²) in [6.45, 7) is 3.92. The molecule has 2 aliphatic rings. The minimum atomic E-state index is -1.59. The van der Waals surface area contributed by atoms with Crippen LogP contribution in [0.3, 0.4) is 0 Å². The summed E-state index contributed by atoms with van der Waals surface area (Å²) in [5, 5.41) is 3.15. The predicted molar refractivity (Wildman–Crippen MR) is 115 cm³/mol. The number of nitrogens with zero attached hydrogens (tertiary/aromatic N) is 3. The van der Waals surface area contributed by atoms with E-state index in [1.165, 1.54) is 18.0 Å². The molecule has 0 radical (unpaired) electrons. The summed E-state index contributed by atoms with van der Waals surface area (Å²) in [4.78, 5) is 25.5. The highest BCUT2D eigenvalue weighted by molar-refractivity contribution is 8.13. The molecule has 3 heterocycles. The number of rotatable bonds is 4. The number of nitrogens with one attached hydrogen (secondary N) is 1. The Bertz CT molecular complexity index is 986. The summed E-state index contributed by atoms with van der Waals surface area (Å²) in [6.07, 6.45) is 3.80. The SMILES string of the molecule is CCc1cnc(C(=O)Nc2cccc([C@]34CO[C@@H](C)C[C@@]3(F)CSC(N)=N4)c2)cn1. The number of halogens is 1. The first-order chi connectivity index (χ1) is 14.3. The van der Waals surface area contributed by atoms with E-state index in [4.69, 9.17) is 10.5 Å². The zero-order chi connectivity index (χ0) is 21.4. The third-order valence-corrected chi connectivity index (χ3v) is 6.57. The molecule has 30 heavy (non-hydrogen) atoms. The molecule has 0 spiro atoms. The van der Waals surface area contributed by atoms with Gasteiger partial charge in [0.25, 0.3) is 5.91 Å². The number of alkyl halides is 1. The summed E-state index contributed by atoms with van der Waals surface area (Å²) >= 11 is 1.23. The molecule has 3 N–H and O–H groups in total. The summed E-state index contributed by atoms with van der Waals surface area (Å²) in [5.74, 6) is -0.173. The van der Waals surface area contributed by atoms with E-state index in [0.29, 0.717) is 16.4 Å². The lowest BCUT2D eigenvalue weighted by Gasteiger charge is -2.49. The molecule has 158 valence electrons. The number of anilines is 1. The number of nitrogens with two attached hydrogens (primary N) is 1. The highest BCUT2D eigenvalue weighted by Crippen LogP contribution is 2.51. The number of aromatic nitrogens is 2. The second kappa shape index (κ2) is 7.96. The minimum Gasteiger partial charge on any atom is -0.379 e. The molecular weight excluding hydrogens is 405 g/mol. The average molecular weight is 430 g/mol. The van der Waals surface area contributed by atoms with Crippen LogP contribution in [-0.4, -0.2) is 45.2 Å². The number of fused-ring (bicyclic) bond motifs is 1. The quantitative estimate of drug-likeness (QED) is 0.774. The van der Waals surface area contributed by atoms with Gasteiger partial charge in [-0.3, -0.25) is 9.78 Å². The Hall–Kier alpha value is -2.52. The maximum atomic E-state index is 16.1. The van der Waals surface area contributed by atoms with Gasteiger partial charge >= 0.3 is 0 Å². The summed E-state index contributed by atoms with van der Waals surface area (Å²) < 4.78 is 22.0. The normalized spacial score (nSPS) is 28.4. The van der Waals surface area contributed by atoms with Gasteiger partial charge in [-0.15, -0.1) is 0 Å². The lowest BCUT2D eigenvalue weighted by atomic mass is 9.73. The molecule has 2 aliphatic heterocycles. The van der Waals surface area contributed by atoms with E-state index in [-0.39, 0.29) is 36.5 Å². The van der Waals surface area contributed by atoms with Gasteiger partial charge in [0, 0.05) is 24.1 Å². The van der Waals surface area contributed by atoms with Crippen molar-refractivity contribution in [2.24, 2.45) is 10.7 Å². The van der Waals surface area contributed by atoms with E-state index in [1.807, 2.05) is 13.8 Å². The van der Waals surface area contributed by atoms with Crippen LogP contribution in [0.15, 0.2) is 41.7 Å². The number of hydrogen-bond acceptors (Lipinski definition) is 7. The highest BCUT2D eigenvalue weighted by atomic mass is 32.2. The largest absolute Gasteiger partial charge is 0.379 e. The fraction of sp³-hybridized carbons (Fsp3) is 0.429. The number of thioether (sulfide) groups is 1. The zero-order valence-corrected chi connectivity index (χ0v) is 17.7. The number of ether oxygens (including phenoxy) is 1. The standard InChI is InChI=1S/C21H24FN5O2S/c1-3-15-9-25-17(10-24-15)18(28)26-16-6-4-5-14(7-16)21-11-29-13(2)8-20(21,22)12-30-19(23)27-21/h4-7,9-10,13H,3,8,11-12H2,1-2H3,(H2,23,27)(H,26,28)/t13-,20+,21+/m0/s1. The summed E-state index contributed by atoms with van der Waals surface area (Å²) in [6, 6.07) is 7.03. The van der Waals surface area contributed by atoms with Crippen molar-refractivity contribution in [2.75, 3.05) is 17.7 Å². The Morgan fingerprint density at radius 2 is 2.23 bits per heavy atom. The zero-order valence-electron chi connectivity index (χ0n) is 16.9. The van der Waals surface area contributed by atoms with Crippen molar-refractivity contribution in [1.82, 2.24) is 9.97 Å². The van der Waals surface area contributed by atoms with Crippen LogP contribution >= 0.6 is 11.8 Å². The van der Waals surface area contributed by atoms with Crippen LogP contribution in [0.25, 0.3) is 0 Å². The molecule has 1 aromatic carbocycles. The molecule has 0 saturated carbocycles. The van der Waals surface area contributed by atoms with Gasteiger partial charge in [0.15, 0.2) is 10.8 Å². The number of benzene rings is 1. The molecule has 1 aromatic heterocycles.